The molecule has 1 N–H and O–H groups in total. The molecular formula is C16H17F2NO2. The Bertz CT molecular complexity index is 632. The second-order valence-corrected chi connectivity index (χ2v) is 4.61. The third kappa shape index (κ3) is 3.42. The third-order valence-electron chi connectivity index (χ3n) is 3.22. The zero-order valence-electron chi connectivity index (χ0n) is 12.1. The van der Waals surface area contributed by atoms with Crippen molar-refractivity contribution >= 4 is 5.69 Å². The summed E-state index contributed by atoms with van der Waals surface area (Å²) in [7, 11) is 2.92. The number of nitrogens with one attached hydrogen (secondary N) is 1. The van der Waals surface area contributed by atoms with Crippen LogP contribution in [0.4, 0.5) is 14.5 Å². The Kier molecular flexibility index (Phi) is 4.62. The van der Waals surface area contributed by atoms with E-state index in [4.69, 9.17) is 9.47 Å². The molecule has 5 heteroatoms. The summed E-state index contributed by atoms with van der Waals surface area (Å²) in [6, 6.07) is 8.80. The molecule has 2 aromatic rings. The van der Waals surface area contributed by atoms with Crippen LogP contribution in [0.3, 0.4) is 0 Å². The summed E-state index contributed by atoms with van der Waals surface area (Å²) >= 11 is 0. The van der Waals surface area contributed by atoms with Crippen LogP contribution in [0.2, 0.25) is 0 Å². The minimum Gasteiger partial charge on any atom is -0.497 e. The molecule has 0 spiro atoms. The van der Waals surface area contributed by atoms with Gasteiger partial charge in [0.15, 0.2) is 11.6 Å². The van der Waals surface area contributed by atoms with Crippen molar-refractivity contribution in [2.75, 3.05) is 19.5 Å². The van der Waals surface area contributed by atoms with Crippen LogP contribution in [0, 0.1) is 11.6 Å². The van der Waals surface area contributed by atoms with Crippen molar-refractivity contribution < 1.29 is 18.3 Å². The van der Waals surface area contributed by atoms with Gasteiger partial charge in [0.2, 0.25) is 0 Å². The molecule has 0 aliphatic heterocycles. The molecule has 2 rings (SSSR count). The van der Waals surface area contributed by atoms with E-state index in [1.165, 1.54) is 32.4 Å². The number of halogens is 2. The number of methoxy groups -OCH3 is 2. The first kappa shape index (κ1) is 15.1. The van der Waals surface area contributed by atoms with E-state index in [2.05, 4.69) is 5.32 Å². The summed E-state index contributed by atoms with van der Waals surface area (Å²) < 4.78 is 37.4. The Hall–Kier alpha value is -2.30. The average Bonchev–Trinajstić information content (AvgIpc) is 2.49. The Morgan fingerprint density at radius 2 is 1.71 bits per heavy atom. The Labute approximate surface area is 122 Å². The Morgan fingerprint density at radius 1 is 0.952 bits per heavy atom. The quantitative estimate of drug-likeness (QED) is 0.898. The molecule has 0 aromatic heterocycles. The molecule has 21 heavy (non-hydrogen) atoms. The van der Waals surface area contributed by atoms with Crippen molar-refractivity contribution in [3.05, 3.63) is 53.6 Å². The van der Waals surface area contributed by atoms with Crippen molar-refractivity contribution in [2.24, 2.45) is 0 Å². The first-order valence-corrected chi connectivity index (χ1v) is 6.48. The Balaban J connectivity index is 2.21. The molecule has 0 heterocycles. The minimum absolute atomic E-state index is 0.179. The highest BCUT2D eigenvalue weighted by atomic mass is 19.1. The molecule has 1 atom stereocenters. The van der Waals surface area contributed by atoms with Gasteiger partial charge in [-0.2, -0.15) is 0 Å². The van der Waals surface area contributed by atoms with Crippen molar-refractivity contribution in [3.63, 3.8) is 0 Å². The fourth-order valence-electron chi connectivity index (χ4n) is 2.01. The molecule has 0 fully saturated rings. The van der Waals surface area contributed by atoms with E-state index in [1.807, 2.05) is 6.92 Å². The molecule has 0 bridgehead atoms. The molecule has 0 saturated carbocycles. The van der Waals surface area contributed by atoms with Crippen LogP contribution in [-0.4, -0.2) is 14.2 Å². The second-order valence-electron chi connectivity index (χ2n) is 4.61. The van der Waals surface area contributed by atoms with Gasteiger partial charge < -0.3 is 14.8 Å². The predicted molar refractivity (Wildman–Crippen MR) is 77.9 cm³/mol. The first-order chi connectivity index (χ1) is 10.0. The SMILES string of the molecule is COc1ccc(F)c(NC(C)c2ccc(OC)c(F)c2)c1. The van der Waals surface area contributed by atoms with Gasteiger partial charge in [0.25, 0.3) is 0 Å². The summed E-state index contributed by atoms with van der Waals surface area (Å²) in [5.41, 5.74) is 0.994. The standard InChI is InChI=1S/C16H17F2NO2/c1-10(11-4-7-16(21-3)14(18)8-11)19-15-9-12(20-2)5-6-13(15)17/h4-10,19H,1-3H3. The fourth-order valence-corrected chi connectivity index (χ4v) is 2.01. The monoisotopic (exact) mass is 293 g/mol. The van der Waals surface area contributed by atoms with E-state index < -0.39 is 11.6 Å². The highest BCUT2D eigenvalue weighted by Gasteiger charge is 2.12. The molecule has 0 amide bonds. The number of benzene rings is 2. The lowest BCUT2D eigenvalue weighted by molar-refractivity contribution is 0.386. The lowest BCUT2D eigenvalue weighted by atomic mass is 10.1. The largest absolute Gasteiger partial charge is 0.497 e. The molecule has 0 aliphatic rings. The summed E-state index contributed by atoms with van der Waals surface area (Å²) in [6.07, 6.45) is 0. The van der Waals surface area contributed by atoms with Gasteiger partial charge in [0.05, 0.1) is 19.9 Å². The normalized spacial score (nSPS) is 11.9. The number of anilines is 1. The maximum absolute atomic E-state index is 13.8. The number of hydrogen-bond donors (Lipinski definition) is 1. The van der Waals surface area contributed by atoms with Gasteiger partial charge in [0, 0.05) is 12.1 Å². The van der Waals surface area contributed by atoms with Crippen molar-refractivity contribution in [1.29, 1.82) is 0 Å². The molecule has 2 aromatic carbocycles. The number of hydrogen-bond acceptors (Lipinski definition) is 3. The van der Waals surface area contributed by atoms with Crippen molar-refractivity contribution in [3.8, 4) is 11.5 Å². The highest BCUT2D eigenvalue weighted by molar-refractivity contribution is 5.51. The van der Waals surface area contributed by atoms with E-state index >= 15 is 0 Å². The van der Waals surface area contributed by atoms with Crippen LogP contribution < -0.4 is 14.8 Å². The van der Waals surface area contributed by atoms with E-state index in [9.17, 15) is 8.78 Å². The predicted octanol–water partition coefficient (Wildman–Crippen LogP) is 4.16. The van der Waals surface area contributed by atoms with Gasteiger partial charge in [-0.1, -0.05) is 6.07 Å². The lowest BCUT2D eigenvalue weighted by Gasteiger charge is -2.17. The van der Waals surface area contributed by atoms with Gasteiger partial charge in [-0.15, -0.1) is 0 Å². The van der Waals surface area contributed by atoms with Crippen LogP contribution >= 0.6 is 0 Å². The van der Waals surface area contributed by atoms with E-state index in [0.717, 1.165) is 0 Å². The molecule has 3 nitrogen and oxygen atoms in total. The molecule has 0 radical (unpaired) electrons. The smallest absolute Gasteiger partial charge is 0.165 e. The number of rotatable bonds is 5. The average molecular weight is 293 g/mol. The summed E-state index contributed by atoms with van der Waals surface area (Å²) in [5.74, 6) is -0.114. The van der Waals surface area contributed by atoms with Crippen LogP contribution in [0.5, 0.6) is 11.5 Å². The Morgan fingerprint density at radius 3 is 2.33 bits per heavy atom. The van der Waals surface area contributed by atoms with Gasteiger partial charge >= 0.3 is 0 Å². The summed E-state index contributed by atoms with van der Waals surface area (Å²) in [4.78, 5) is 0. The zero-order valence-corrected chi connectivity index (χ0v) is 12.1. The van der Waals surface area contributed by atoms with Gasteiger partial charge in [0.1, 0.15) is 11.6 Å². The van der Waals surface area contributed by atoms with E-state index in [-0.39, 0.29) is 11.8 Å². The maximum Gasteiger partial charge on any atom is 0.165 e. The molecule has 0 aliphatic carbocycles. The number of ether oxygens (including phenoxy) is 2. The van der Waals surface area contributed by atoms with Crippen LogP contribution in [0.1, 0.15) is 18.5 Å². The van der Waals surface area contributed by atoms with Crippen molar-refractivity contribution in [1.82, 2.24) is 0 Å². The van der Waals surface area contributed by atoms with E-state index in [0.29, 0.717) is 17.0 Å². The van der Waals surface area contributed by atoms with Crippen molar-refractivity contribution in [2.45, 2.75) is 13.0 Å². The zero-order chi connectivity index (χ0) is 15.4. The molecule has 1 unspecified atom stereocenters. The second kappa shape index (κ2) is 6.43. The molecule has 0 saturated heterocycles. The van der Waals surface area contributed by atoms with E-state index in [1.54, 1.807) is 18.2 Å². The third-order valence-corrected chi connectivity index (χ3v) is 3.22. The lowest BCUT2D eigenvalue weighted by Crippen LogP contribution is -2.08. The van der Waals surface area contributed by atoms with Crippen LogP contribution in [0.25, 0.3) is 0 Å². The minimum atomic E-state index is -0.449. The van der Waals surface area contributed by atoms with Gasteiger partial charge in [-0.05, 0) is 36.8 Å². The molecular weight excluding hydrogens is 276 g/mol. The van der Waals surface area contributed by atoms with Gasteiger partial charge in [-0.25, -0.2) is 8.78 Å². The maximum atomic E-state index is 13.8. The summed E-state index contributed by atoms with van der Waals surface area (Å²) in [5, 5.41) is 3.00. The van der Waals surface area contributed by atoms with Crippen LogP contribution in [-0.2, 0) is 0 Å². The fraction of sp³-hybridized carbons (Fsp3) is 0.250. The topological polar surface area (TPSA) is 30.5 Å². The van der Waals surface area contributed by atoms with Crippen LogP contribution in [0.15, 0.2) is 36.4 Å². The van der Waals surface area contributed by atoms with Gasteiger partial charge in [-0.3, -0.25) is 0 Å². The summed E-state index contributed by atoms with van der Waals surface area (Å²) in [6.45, 7) is 1.82. The highest BCUT2D eigenvalue weighted by Crippen LogP contribution is 2.27. The molecule has 112 valence electrons. The first-order valence-electron chi connectivity index (χ1n) is 6.48.